The highest BCUT2D eigenvalue weighted by molar-refractivity contribution is 5.74. The van der Waals surface area contributed by atoms with Crippen LogP contribution in [-0.4, -0.2) is 23.4 Å². The summed E-state index contributed by atoms with van der Waals surface area (Å²) < 4.78 is 5.35. The highest BCUT2D eigenvalue weighted by Crippen LogP contribution is 2.33. The summed E-state index contributed by atoms with van der Waals surface area (Å²) in [6.45, 7) is 6.05. The molecule has 1 aromatic carbocycles. The summed E-state index contributed by atoms with van der Waals surface area (Å²) in [7, 11) is 1.66. The lowest BCUT2D eigenvalue weighted by molar-refractivity contribution is 0.111. The van der Waals surface area contributed by atoms with Crippen LogP contribution in [-0.2, 0) is 0 Å². The lowest BCUT2D eigenvalue weighted by Crippen LogP contribution is -2.00. The number of aldehydes is 1. The van der Waals surface area contributed by atoms with Crippen LogP contribution >= 0.6 is 0 Å². The molecule has 0 saturated carbocycles. The zero-order valence-electron chi connectivity index (χ0n) is 11.5. The SMILES string of the molecule is COc1cc(C)c(-c2ccnc(C=O)n2)c(C)c1C. The molecule has 0 atom stereocenters. The van der Waals surface area contributed by atoms with E-state index in [1.807, 2.05) is 32.9 Å². The largest absolute Gasteiger partial charge is 0.496 e. The van der Waals surface area contributed by atoms with Gasteiger partial charge in [0.15, 0.2) is 12.1 Å². The standard InChI is InChI=1S/C15H16N2O2/c1-9-7-13(19-4)10(2)11(3)15(9)12-5-6-16-14(8-18)17-12/h5-8H,1-4H3. The highest BCUT2D eigenvalue weighted by atomic mass is 16.5. The quantitative estimate of drug-likeness (QED) is 0.792. The minimum Gasteiger partial charge on any atom is -0.496 e. The molecule has 4 heteroatoms. The normalized spacial score (nSPS) is 10.3. The second-order valence-corrected chi connectivity index (χ2v) is 4.44. The van der Waals surface area contributed by atoms with Crippen LogP contribution in [0, 0.1) is 20.8 Å². The Morgan fingerprint density at radius 2 is 1.95 bits per heavy atom. The first kappa shape index (κ1) is 13.2. The van der Waals surface area contributed by atoms with E-state index < -0.39 is 0 Å². The number of rotatable bonds is 3. The molecule has 0 aliphatic rings. The number of nitrogens with zero attached hydrogens (tertiary/aromatic N) is 2. The van der Waals surface area contributed by atoms with Gasteiger partial charge >= 0.3 is 0 Å². The molecule has 98 valence electrons. The Kier molecular flexibility index (Phi) is 3.60. The fourth-order valence-corrected chi connectivity index (χ4v) is 2.22. The third-order valence-corrected chi connectivity index (χ3v) is 3.30. The summed E-state index contributed by atoms with van der Waals surface area (Å²) in [5.41, 5.74) is 5.04. The average molecular weight is 256 g/mol. The smallest absolute Gasteiger partial charge is 0.193 e. The molecule has 0 aliphatic carbocycles. The third kappa shape index (κ3) is 2.34. The van der Waals surface area contributed by atoms with E-state index in [0.717, 1.165) is 33.7 Å². The highest BCUT2D eigenvalue weighted by Gasteiger charge is 2.13. The number of aromatic nitrogens is 2. The van der Waals surface area contributed by atoms with Crippen molar-refractivity contribution in [2.24, 2.45) is 0 Å². The molecule has 2 aromatic rings. The molecular formula is C15H16N2O2. The predicted octanol–water partition coefficient (Wildman–Crippen LogP) is 2.89. The molecule has 1 aromatic heterocycles. The molecule has 0 N–H and O–H groups in total. The Labute approximate surface area is 112 Å². The number of carbonyl (C=O) groups excluding carboxylic acids is 1. The summed E-state index contributed by atoms with van der Waals surface area (Å²) >= 11 is 0. The van der Waals surface area contributed by atoms with Crippen molar-refractivity contribution in [1.82, 2.24) is 9.97 Å². The van der Waals surface area contributed by atoms with Gasteiger partial charge in [0.1, 0.15) is 5.75 Å². The van der Waals surface area contributed by atoms with E-state index in [2.05, 4.69) is 9.97 Å². The van der Waals surface area contributed by atoms with Crippen LogP contribution in [0.1, 0.15) is 27.3 Å². The lowest BCUT2D eigenvalue weighted by atomic mass is 9.95. The van der Waals surface area contributed by atoms with Gasteiger partial charge < -0.3 is 4.74 Å². The number of hydrogen-bond acceptors (Lipinski definition) is 4. The van der Waals surface area contributed by atoms with Crippen molar-refractivity contribution in [3.8, 4) is 17.0 Å². The number of aryl methyl sites for hydroxylation is 1. The summed E-state index contributed by atoms with van der Waals surface area (Å²) in [4.78, 5) is 18.9. The maximum absolute atomic E-state index is 10.8. The van der Waals surface area contributed by atoms with Crippen LogP contribution < -0.4 is 4.74 Å². The van der Waals surface area contributed by atoms with E-state index >= 15 is 0 Å². The Morgan fingerprint density at radius 3 is 2.58 bits per heavy atom. The molecule has 0 radical (unpaired) electrons. The number of hydrogen-bond donors (Lipinski definition) is 0. The maximum atomic E-state index is 10.8. The van der Waals surface area contributed by atoms with Gasteiger partial charge in [0, 0.05) is 11.8 Å². The third-order valence-electron chi connectivity index (χ3n) is 3.30. The monoisotopic (exact) mass is 256 g/mol. The first-order valence-electron chi connectivity index (χ1n) is 6.02. The van der Waals surface area contributed by atoms with Crippen LogP contribution in [0.25, 0.3) is 11.3 Å². The van der Waals surface area contributed by atoms with Crippen molar-refractivity contribution in [3.63, 3.8) is 0 Å². The van der Waals surface area contributed by atoms with Crippen molar-refractivity contribution in [3.05, 3.63) is 40.8 Å². The van der Waals surface area contributed by atoms with E-state index in [4.69, 9.17) is 4.74 Å². The van der Waals surface area contributed by atoms with Crippen molar-refractivity contribution in [1.29, 1.82) is 0 Å². The number of carbonyl (C=O) groups is 1. The van der Waals surface area contributed by atoms with Gasteiger partial charge in [-0.05, 0) is 49.6 Å². The molecule has 0 saturated heterocycles. The Bertz CT molecular complexity index is 636. The van der Waals surface area contributed by atoms with E-state index in [9.17, 15) is 4.79 Å². The Hall–Kier alpha value is -2.23. The van der Waals surface area contributed by atoms with E-state index in [1.165, 1.54) is 0 Å². The molecule has 2 rings (SSSR count). The lowest BCUT2D eigenvalue weighted by Gasteiger charge is -2.15. The van der Waals surface area contributed by atoms with Crippen molar-refractivity contribution in [2.75, 3.05) is 7.11 Å². The summed E-state index contributed by atoms with van der Waals surface area (Å²) in [6.07, 6.45) is 2.26. The van der Waals surface area contributed by atoms with Crippen LogP contribution in [0.15, 0.2) is 18.3 Å². The Morgan fingerprint density at radius 1 is 1.21 bits per heavy atom. The minimum atomic E-state index is 0.199. The van der Waals surface area contributed by atoms with Crippen LogP contribution in [0.2, 0.25) is 0 Å². The van der Waals surface area contributed by atoms with Crippen molar-refractivity contribution < 1.29 is 9.53 Å². The first-order chi connectivity index (χ1) is 9.08. The van der Waals surface area contributed by atoms with E-state index in [0.29, 0.717) is 6.29 Å². The van der Waals surface area contributed by atoms with Gasteiger partial charge in [-0.3, -0.25) is 4.79 Å². The molecule has 0 aliphatic heterocycles. The van der Waals surface area contributed by atoms with Crippen molar-refractivity contribution in [2.45, 2.75) is 20.8 Å². The summed E-state index contributed by atoms with van der Waals surface area (Å²) in [5.74, 6) is 1.06. The number of benzene rings is 1. The molecular weight excluding hydrogens is 240 g/mol. The molecule has 0 bridgehead atoms. The fourth-order valence-electron chi connectivity index (χ4n) is 2.22. The van der Waals surface area contributed by atoms with Gasteiger partial charge in [0.25, 0.3) is 0 Å². The number of methoxy groups -OCH3 is 1. The van der Waals surface area contributed by atoms with Gasteiger partial charge in [-0.2, -0.15) is 0 Å². The minimum absolute atomic E-state index is 0.199. The van der Waals surface area contributed by atoms with E-state index in [1.54, 1.807) is 13.3 Å². The summed E-state index contributed by atoms with van der Waals surface area (Å²) in [5, 5.41) is 0. The van der Waals surface area contributed by atoms with Gasteiger partial charge in [-0.25, -0.2) is 9.97 Å². The average Bonchev–Trinajstić information content (AvgIpc) is 2.43. The van der Waals surface area contributed by atoms with Gasteiger partial charge in [0.2, 0.25) is 0 Å². The first-order valence-corrected chi connectivity index (χ1v) is 6.02. The molecule has 0 spiro atoms. The molecule has 1 heterocycles. The maximum Gasteiger partial charge on any atom is 0.193 e. The number of ether oxygens (including phenoxy) is 1. The topological polar surface area (TPSA) is 52.1 Å². The van der Waals surface area contributed by atoms with Crippen LogP contribution in [0.5, 0.6) is 5.75 Å². The zero-order valence-corrected chi connectivity index (χ0v) is 11.5. The Balaban J connectivity index is 2.68. The fraction of sp³-hybridized carbons (Fsp3) is 0.267. The second-order valence-electron chi connectivity index (χ2n) is 4.44. The van der Waals surface area contributed by atoms with Gasteiger partial charge in [-0.15, -0.1) is 0 Å². The molecule has 19 heavy (non-hydrogen) atoms. The van der Waals surface area contributed by atoms with Crippen molar-refractivity contribution >= 4 is 6.29 Å². The van der Waals surface area contributed by atoms with Crippen LogP contribution in [0.4, 0.5) is 0 Å². The molecule has 0 fully saturated rings. The zero-order chi connectivity index (χ0) is 14.0. The van der Waals surface area contributed by atoms with E-state index in [-0.39, 0.29) is 5.82 Å². The summed E-state index contributed by atoms with van der Waals surface area (Å²) in [6, 6.07) is 3.80. The molecule has 0 amide bonds. The van der Waals surface area contributed by atoms with Gasteiger partial charge in [0.05, 0.1) is 12.8 Å². The second kappa shape index (κ2) is 5.18. The van der Waals surface area contributed by atoms with Gasteiger partial charge in [-0.1, -0.05) is 0 Å². The van der Waals surface area contributed by atoms with Crippen LogP contribution in [0.3, 0.4) is 0 Å². The molecule has 0 unspecified atom stereocenters. The predicted molar refractivity (Wildman–Crippen MR) is 73.6 cm³/mol. The molecule has 4 nitrogen and oxygen atoms in total.